The first-order valence-corrected chi connectivity index (χ1v) is 5.12. The van der Waals surface area contributed by atoms with Gasteiger partial charge in [-0.3, -0.25) is 4.79 Å². The highest BCUT2D eigenvalue weighted by Crippen LogP contribution is 2.09. The van der Waals surface area contributed by atoms with Crippen molar-refractivity contribution in [2.24, 2.45) is 0 Å². The van der Waals surface area contributed by atoms with Crippen LogP contribution in [0.2, 0.25) is 0 Å². The van der Waals surface area contributed by atoms with Crippen molar-refractivity contribution >= 4 is 5.78 Å². The Balaban J connectivity index is 2.15. The summed E-state index contributed by atoms with van der Waals surface area (Å²) in [5.41, 5.74) is 0.568. The number of ketones is 1. The lowest BCUT2D eigenvalue weighted by molar-refractivity contribution is 0.0988. The lowest BCUT2D eigenvalue weighted by Crippen LogP contribution is -2.12. The summed E-state index contributed by atoms with van der Waals surface area (Å²) in [6.07, 6.45) is 4.65. The summed E-state index contributed by atoms with van der Waals surface area (Å²) in [6.45, 7) is 4.00. The number of aromatic nitrogens is 3. The number of hydrogen-bond donors (Lipinski definition) is 0. The van der Waals surface area contributed by atoms with Crippen molar-refractivity contribution in [3.8, 4) is 0 Å². The van der Waals surface area contributed by atoms with Gasteiger partial charge in [-0.1, -0.05) is 0 Å². The molecule has 0 bridgehead atoms. The fraction of sp³-hybridized carbons (Fsp3) is 0.364. The van der Waals surface area contributed by atoms with Gasteiger partial charge in [0.25, 0.3) is 0 Å². The van der Waals surface area contributed by atoms with E-state index in [1.807, 2.05) is 13.8 Å². The average molecular weight is 219 g/mol. The molecule has 0 saturated heterocycles. The Labute approximate surface area is 93.1 Å². The Morgan fingerprint density at radius 3 is 3.00 bits per heavy atom. The predicted octanol–water partition coefficient (Wildman–Crippen LogP) is 1.88. The van der Waals surface area contributed by atoms with E-state index in [1.54, 1.807) is 10.7 Å². The standard InChI is InChI=1S/C11H13N3O2/c1-8(2)14-11(12-7-13-14)5-10(15)9-3-4-16-6-9/h3-4,6-8H,5H2,1-2H3. The second-order valence-corrected chi connectivity index (χ2v) is 3.83. The van der Waals surface area contributed by atoms with Gasteiger partial charge in [0.15, 0.2) is 5.78 Å². The van der Waals surface area contributed by atoms with E-state index < -0.39 is 0 Å². The van der Waals surface area contributed by atoms with Crippen molar-refractivity contribution in [3.63, 3.8) is 0 Å². The summed E-state index contributed by atoms with van der Waals surface area (Å²) in [7, 11) is 0. The molecule has 16 heavy (non-hydrogen) atoms. The Hall–Kier alpha value is -1.91. The summed E-state index contributed by atoms with van der Waals surface area (Å²) >= 11 is 0. The predicted molar refractivity (Wildman–Crippen MR) is 57.1 cm³/mol. The fourth-order valence-electron chi connectivity index (χ4n) is 1.50. The van der Waals surface area contributed by atoms with Gasteiger partial charge in [-0.25, -0.2) is 9.67 Å². The lowest BCUT2D eigenvalue weighted by Gasteiger charge is -2.07. The van der Waals surface area contributed by atoms with Gasteiger partial charge in [0, 0.05) is 6.04 Å². The Kier molecular flexibility index (Phi) is 2.85. The highest BCUT2D eigenvalue weighted by atomic mass is 16.3. The largest absolute Gasteiger partial charge is 0.472 e. The van der Waals surface area contributed by atoms with Gasteiger partial charge in [0.2, 0.25) is 0 Å². The molecule has 84 valence electrons. The molecule has 0 atom stereocenters. The van der Waals surface area contributed by atoms with Gasteiger partial charge in [0.1, 0.15) is 18.4 Å². The molecule has 2 aromatic rings. The molecule has 0 fully saturated rings. The average Bonchev–Trinajstić information content (AvgIpc) is 2.86. The molecule has 0 aliphatic heterocycles. The summed E-state index contributed by atoms with van der Waals surface area (Å²) in [6, 6.07) is 1.85. The van der Waals surface area contributed by atoms with E-state index in [4.69, 9.17) is 4.42 Å². The minimum atomic E-state index is -0.0105. The molecule has 2 heterocycles. The lowest BCUT2D eigenvalue weighted by atomic mass is 10.1. The van der Waals surface area contributed by atoms with Crippen molar-refractivity contribution in [1.29, 1.82) is 0 Å². The zero-order valence-corrected chi connectivity index (χ0v) is 9.25. The number of carbonyl (C=O) groups excluding carboxylic acids is 1. The van der Waals surface area contributed by atoms with Gasteiger partial charge in [0.05, 0.1) is 18.2 Å². The highest BCUT2D eigenvalue weighted by Gasteiger charge is 2.14. The zero-order chi connectivity index (χ0) is 11.5. The van der Waals surface area contributed by atoms with E-state index in [9.17, 15) is 4.79 Å². The second kappa shape index (κ2) is 4.30. The fourth-order valence-corrected chi connectivity index (χ4v) is 1.50. The zero-order valence-electron chi connectivity index (χ0n) is 9.25. The SMILES string of the molecule is CC(C)n1ncnc1CC(=O)c1ccoc1. The smallest absolute Gasteiger partial charge is 0.173 e. The Morgan fingerprint density at radius 2 is 2.38 bits per heavy atom. The summed E-state index contributed by atoms with van der Waals surface area (Å²) in [4.78, 5) is 15.9. The Morgan fingerprint density at radius 1 is 1.56 bits per heavy atom. The van der Waals surface area contributed by atoms with Crippen LogP contribution in [0, 0.1) is 0 Å². The molecule has 0 amide bonds. The normalized spacial score (nSPS) is 10.9. The minimum Gasteiger partial charge on any atom is -0.472 e. The quantitative estimate of drug-likeness (QED) is 0.736. The number of Topliss-reactive ketones (excluding diaryl/α,β-unsaturated/α-hetero) is 1. The molecule has 2 aromatic heterocycles. The third-order valence-corrected chi connectivity index (χ3v) is 2.30. The van der Waals surface area contributed by atoms with Gasteiger partial charge < -0.3 is 4.42 Å². The topological polar surface area (TPSA) is 60.9 Å². The van der Waals surface area contributed by atoms with Crippen LogP contribution in [0.1, 0.15) is 36.1 Å². The third-order valence-electron chi connectivity index (χ3n) is 2.30. The molecular formula is C11H13N3O2. The van der Waals surface area contributed by atoms with Crippen molar-refractivity contribution in [2.75, 3.05) is 0 Å². The van der Waals surface area contributed by atoms with Crippen LogP contribution >= 0.6 is 0 Å². The molecule has 0 spiro atoms. The van der Waals surface area contributed by atoms with Crippen LogP contribution in [0.4, 0.5) is 0 Å². The minimum absolute atomic E-state index is 0.0105. The van der Waals surface area contributed by atoms with Crippen molar-refractivity contribution in [2.45, 2.75) is 26.3 Å². The summed E-state index contributed by atoms with van der Waals surface area (Å²) in [5.74, 6) is 0.671. The maximum atomic E-state index is 11.8. The van der Waals surface area contributed by atoms with Gasteiger partial charge in [-0.2, -0.15) is 5.10 Å². The highest BCUT2D eigenvalue weighted by molar-refractivity contribution is 5.96. The molecule has 2 rings (SSSR count). The molecule has 0 aliphatic carbocycles. The van der Waals surface area contributed by atoms with E-state index in [2.05, 4.69) is 10.1 Å². The van der Waals surface area contributed by atoms with E-state index in [-0.39, 0.29) is 18.2 Å². The van der Waals surface area contributed by atoms with E-state index in [0.29, 0.717) is 11.4 Å². The van der Waals surface area contributed by atoms with E-state index in [0.717, 1.165) is 0 Å². The summed E-state index contributed by atoms with van der Waals surface area (Å²) < 4.78 is 6.62. The number of hydrogen-bond acceptors (Lipinski definition) is 4. The molecular weight excluding hydrogens is 206 g/mol. The van der Waals surface area contributed by atoms with Crippen LogP contribution in [-0.4, -0.2) is 20.5 Å². The van der Waals surface area contributed by atoms with E-state index in [1.165, 1.54) is 18.9 Å². The van der Waals surface area contributed by atoms with Crippen molar-refractivity contribution in [1.82, 2.24) is 14.8 Å². The molecule has 0 aromatic carbocycles. The first-order valence-electron chi connectivity index (χ1n) is 5.12. The van der Waals surface area contributed by atoms with Gasteiger partial charge in [-0.15, -0.1) is 0 Å². The maximum Gasteiger partial charge on any atom is 0.173 e. The monoisotopic (exact) mass is 219 g/mol. The number of furan rings is 1. The molecule has 0 saturated carbocycles. The van der Waals surface area contributed by atoms with E-state index >= 15 is 0 Å². The van der Waals surface area contributed by atoms with Crippen LogP contribution in [-0.2, 0) is 6.42 Å². The number of rotatable bonds is 4. The third kappa shape index (κ3) is 2.03. The molecule has 0 N–H and O–H groups in total. The second-order valence-electron chi connectivity index (χ2n) is 3.83. The van der Waals surface area contributed by atoms with Crippen LogP contribution in [0.3, 0.4) is 0 Å². The molecule has 5 heteroatoms. The molecule has 5 nitrogen and oxygen atoms in total. The molecule has 0 aliphatic rings. The number of nitrogens with zero attached hydrogens (tertiary/aromatic N) is 3. The van der Waals surface area contributed by atoms with Crippen LogP contribution in [0.5, 0.6) is 0 Å². The van der Waals surface area contributed by atoms with Gasteiger partial charge >= 0.3 is 0 Å². The summed E-state index contributed by atoms with van der Waals surface area (Å²) in [5, 5.41) is 4.08. The first kappa shape index (κ1) is 10.6. The Bertz CT molecular complexity index is 471. The van der Waals surface area contributed by atoms with Crippen LogP contribution in [0.15, 0.2) is 29.3 Å². The first-order chi connectivity index (χ1) is 7.68. The van der Waals surface area contributed by atoms with Crippen molar-refractivity contribution in [3.05, 3.63) is 36.3 Å². The van der Waals surface area contributed by atoms with Gasteiger partial charge in [-0.05, 0) is 19.9 Å². The maximum absolute atomic E-state index is 11.8. The van der Waals surface area contributed by atoms with Crippen LogP contribution in [0.25, 0.3) is 0 Å². The van der Waals surface area contributed by atoms with Crippen molar-refractivity contribution < 1.29 is 9.21 Å². The molecule has 0 radical (unpaired) electrons. The molecule has 0 unspecified atom stereocenters. The number of carbonyl (C=O) groups is 1. The van der Waals surface area contributed by atoms with Crippen LogP contribution < -0.4 is 0 Å².